The van der Waals surface area contributed by atoms with Crippen molar-refractivity contribution in [3.63, 3.8) is 0 Å². The van der Waals surface area contributed by atoms with Crippen LogP contribution in [0, 0.1) is 0 Å². The average molecular weight is 731 g/mol. The van der Waals surface area contributed by atoms with Gasteiger partial charge in [0.15, 0.2) is 0 Å². The van der Waals surface area contributed by atoms with E-state index in [1.807, 2.05) is 0 Å². The Morgan fingerprint density at radius 1 is 0.554 bits per heavy atom. The standard InChI is InChI=1S/C51H47BN2O2/c1-49(2)45-18-12-10-16-41(45)42-31-29-40(33-46(42)49)53(37-23-20-35(21-24-37)34-14-8-7-9-15-34)38-25-27-39(28-26-38)54-47-19-13-11-17-43(47)44-30-22-36(32-48(44)54)52-55-50(3,4)51(5,6)56-52/h7-10,12,14-33H,11,13H2,1-6H3. The number of benzene rings is 6. The highest BCUT2D eigenvalue weighted by Gasteiger charge is 2.51. The Kier molecular flexibility index (Phi) is 7.91. The summed E-state index contributed by atoms with van der Waals surface area (Å²) in [6.07, 6.45) is 6.86. The van der Waals surface area contributed by atoms with Crippen LogP contribution < -0.4 is 20.9 Å². The van der Waals surface area contributed by atoms with Crippen LogP contribution in [0.4, 0.5) is 17.1 Å². The third-order valence-corrected chi connectivity index (χ3v) is 12.9. The van der Waals surface area contributed by atoms with Gasteiger partial charge in [0.25, 0.3) is 0 Å². The third kappa shape index (κ3) is 5.43. The van der Waals surface area contributed by atoms with Gasteiger partial charge in [0.2, 0.25) is 0 Å². The predicted octanol–water partition coefficient (Wildman–Crippen LogP) is 10.7. The van der Waals surface area contributed by atoms with Crippen molar-refractivity contribution in [3.8, 4) is 27.9 Å². The lowest BCUT2D eigenvalue weighted by atomic mass is 9.79. The van der Waals surface area contributed by atoms with E-state index in [4.69, 9.17) is 9.31 Å². The molecular formula is C51H47BN2O2. The molecular weight excluding hydrogens is 683 g/mol. The largest absolute Gasteiger partial charge is 0.494 e. The first-order valence-corrected chi connectivity index (χ1v) is 20.0. The van der Waals surface area contributed by atoms with Crippen LogP contribution in [-0.2, 0) is 14.7 Å². The molecule has 56 heavy (non-hydrogen) atoms. The van der Waals surface area contributed by atoms with E-state index >= 15 is 0 Å². The summed E-state index contributed by atoms with van der Waals surface area (Å²) in [6.45, 7) is 13.2. The molecule has 0 saturated carbocycles. The van der Waals surface area contributed by atoms with Gasteiger partial charge in [-0.15, -0.1) is 0 Å². The molecule has 2 aliphatic carbocycles. The Bertz CT molecular complexity index is 2760. The number of hydrogen-bond acceptors (Lipinski definition) is 3. The van der Waals surface area contributed by atoms with Crippen LogP contribution in [0.5, 0.6) is 0 Å². The summed E-state index contributed by atoms with van der Waals surface area (Å²) >= 11 is 0. The first-order chi connectivity index (χ1) is 27.0. The first kappa shape index (κ1) is 34.8. The quantitative estimate of drug-likeness (QED) is 0.159. The molecule has 0 amide bonds. The van der Waals surface area contributed by atoms with Gasteiger partial charge in [-0.2, -0.15) is 0 Å². The van der Waals surface area contributed by atoms with Crippen molar-refractivity contribution >= 4 is 52.7 Å². The number of fused-ring (bicyclic) bond motifs is 6. The number of rotatable bonds is 6. The Morgan fingerprint density at radius 3 is 1.89 bits per heavy atom. The van der Waals surface area contributed by atoms with Crippen molar-refractivity contribution in [2.24, 2.45) is 0 Å². The molecule has 0 unspecified atom stereocenters. The monoisotopic (exact) mass is 730 g/mol. The molecule has 1 aliphatic heterocycles. The van der Waals surface area contributed by atoms with Crippen molar-refractivity contribution in [2.45, 2.75) is 71.0 Å². The van der Waals surface area contributed by atoms with Crippen LogP contribution in [0.3, 0.4) is 0 Å². The van der Waals surface area contributed by atoms with E-state index in [0.29, 0.717) is 0 Å². The highest BCUT2D eigenvalue weighted by atomic mass is 16.7. The molecule has 1 saturated heterocycles. The highest BCUT2D eigenvalue weighted by Crippen LogP contribution is 2.50. The molecule has 4 nitrogen and oxygen atoms in total. The molecule has 0 bridgehead atoms. The van der Waals surface area contributed by atoms with Crippen molar-refractivity contribution in [1.29, 1.82) is 0 Å². The number of anilines is 3. The number of hydrogen-bond donors (Lipinski definition) is 0. The maximum absolute atomic E-state index is 6.51. The third-order valence-electron chi connectivity index (χ3n) is 12.9. The van der Waals surface area contributed by atoms with E-state index in [9.17, 15) is 0 Å². The smallest absolute Gasteiger partial charge is 0.399 e. The minimum atomic E-state index is -0.424. The second-order valence-corrected chi connectivity index (χ2v) is 17.1. The van der Waals surface area contributed by atoms with E-state index in [-0.39, 0.29) is 5.41 Å². The zero-order valence-corrected chi connectivity index (χ0v) is 33.1. The fourth-order valence-corrected chi connectivity index (χ4v) is 9.08. The van der Waals surface area contributed by atoms with E-state index in [2.05, 4.69) is 203 Å². The number of nitrogens with zero attached hydrogens (tertiary/aromatic N) is 2. The minimum absolute atomic E-state index is 0.102. The maximum atomic E-state index is 6.51. The molecule has 0 spiro atoms. The van der Waals surface area contributed by atoms with Crippen LogP contribution in [0.2, 0.25) is 0 Å². The highest BCUT2D eigenvalue weighted by molar-refractivity contribution is 6.62. The van der Waals surface area contributed by atoms with Crippen LogP contribution in [0.15, 0.2) is 140 Å². The van der Waals surface area contributed by atoms with Crippen LogP contribution in [0.25, 0.3) is 51.0 Å². The van der Waals surface area contributed by atoms with Crippen LogP contribution >= 0.6 is 0 Å². The molecule has 6 aromatic carbocycles. The van der Waals surface area contributed by atoms with E-state index < -0.39 is 18.3 Å². The Morgan fingerprint density at radius 2 is 1.16 bits per heavy atom. The maximum Gasteiger partial charge on any atom is 0.494 e. The Labute approximate surface area is 330 Å². The van der Waals surface area contributed by atoms with E-state index in [0.717, 1.165) is 46.6 Å². The fourth-order valence-electron chi connectivity index (χ4n) is 9.08. The van der Waals surface area contributed by atoms with Crippen molar-refractivity contribution in [2.75, 3.05) is 4.90 Å². The second kappa shape index (κ2) is 12.7. The summed E-state index contributed by atoms with van der Waals surface area (Å²) < 4.78 is 15.4. The van der Waals surface area contributed by atoms with E-state index in [1.54, 1.807) is 0 Å². The van der Waals surface area contributed by atoms with Gasteiger partial charge in [0, 0.05) is 44.1 Å². The number of aromatic nitrogens is 1. The van der Waals surface area contributed by atoms with Gasteiger partial charge in [-0.25, -0.2) is 0 Å². The summed E-state index contributed by atoms with van der Waals surface area (Å²) in [5.41, 5.74) is 13.6. The molecule has 3 aliphatic rings. The van der Waals surface area contributed by atoms with Crippen molar-refractivity contribution in [3.05, 3.63) is 161 Å². The molecule has 2 heterocycles. The molecule has 0 atom stereocenters. The lowest BCUT2D eigenvalue weighted by Crippen LogP contribution is -2.41. The molecule has 276 valence electrons. The van der Waals surface area contributed by atoms with Gasteiger partial charge in [0.05, 0.1) is 16.7 Å². The van der Waals surface area contributed by atoms with Gasteiger partial charge in [-0.1, -0.05) is 111 Å². The van der Waals surface area contributed by atoms with Crippen LogP contribution in [-0.4, -0.2) is 22.9 Å². The van der Waals surface area contributed by atoms with Gasteiger partial charge >= 0.3 is 7.12 Å². The molecule has 1 aromatic heterocycles. The van der Waals surface area contributed by atoms with Gasteiger partial charge < -0.3 is 18.8 Å². The summed E-state index contributed by atoms with van der Waals surface area (Å²) in [6, 6.07) is 51.3. The molecule has 5 heteroatoms. The zero-order chi connectivity index (χ0) is 38.4. The lowest BCUT2D eigenvalue weighted by Gasteiger charge is -2.32. The fraction of sp³-hybridized carbons (Fsp3) is 0.216. The average Bonchev–Trinajstić information content (AvgIpc) is 3.75. The molecule has 10 rings (SSSR count). The molecule has 1 fully saturated rings. The molecule has 7 aromatic rings. The van der Waals surface area contributed by atoms with Gasteiger partial charge in [-0.05, 0) is 134 Å². The van der Waals surface area contributed by atoms with Gasteiger partial charge in [0.1, 0.15) is 0 Å². The normalized spacial score (nSPS) is 17.1. The zero-order valence-electron chi connectivity index (χ0n) is 33.1. The van der Waals surface area contributed by atoms with Crippen molar-refractivity contribution < 1.29 is 9.31 Å². The van der Waals surface area contributed by atoms with Gasteiger partial charge in [-0.3, -0.25) is 0 Å². The van der Waals surface area contributed by atoms with Crippen molar-refractivity contribution in [1.82, 2.24) is 4.57 Å². The summed E-state index contributed by atoms with van der Waals surface area (Å²) in [4.78, 5) is 2.40. The van der Waals surface area contributed by atoms with Crippen LogP contribution in [0.1, 0.15) is 65.5 Å². The van der Waals surface area contributed by atoms with E-state index in [1.165, 1.54) is 49.3 Å². The Balaban J connectivity index is 1.09. The minimum Gasteiger partial charge on any atom is -0.399 e. The summed E-state index contributed by atoms with van der Waals surface area (Å²) in [5.74, 6) is 0. The summed E-state index contributed by atoms with van der Waals surface area (Å²) in [5, 5.41) is 3.80. The SMILES string of the molecule is CC1(C)c2ccccc2-c2ccc(N(c3ccc(-c4ccccc4)cc3)c3ccc(-n4c5c(c6ccc(B7OC(C)(C)C(C)(C)O7)cc64)=CCCC=5)cc3)cc21. The topological polar surface area (TPSA) is 26.6 Å². The molecule has 0 radical (unpaired) electrons. The Hall–Kier alpha value is -5.62. The first-order valence-electron chi connectivity index (χ1n) is 20.0. The summed E-state index contributed by atoms with van der Waals surface area (Å²) in [7, 11) is -0.424. The second-order valence-electron chi connectivity index (χ2n) is 17.1. The molecule has 0 N–H and O–H groups in total. The predicted molar refractivity (Wildman–Crippen MR) is 234 cm³/mol. The lowest BCUT2D eigenvalue weighted by molar-refractivity contribution is 0.00578.